The molecule has 1 aliphatic rings. The van der Waals surface area contributed by atoms with E-state index in [-0.39, 0.29) is 6.15 Å². The molecule has 0 unspecified atom stereocenters. The van der Waals surface area contributed by atoms with Crippen LogP contribution in [0.2, 0.25) is 0 Å². The second-order valence-electron chi connectivity index (χ2n) is 5.44. The van der Waals surface area contributed by atoms with E-state index in [1.807, 2.05) is 12.1 Å². The van der Waals surface area contributed by atoms with Crippen molar-refractivity contribution in [1.82, 2.24) is 6.15 Å². The number of fused-ring (bicyclic) bond motifs is 1. The largest absolute Gasteiger partial charge is 0.508 e. The number of benzene rings is 1. The van der Waals surface area contributed by atoms with Crippen molar-refractivity contribution in [3.05, 3.63) is 29.3 Å². The van der Waals surface area contributed by atoms with E-state index in [1.165, 1.54) is 49.7 Å². The summed E-state index contributed by atoms with van der Waals surface area (Å²) in [6.45, 7) is 4.54. The summed E-state index contributed by atoms with van der Waals surface area (Å²) in [7, 11) is 0. The molecule has 0 aliphatic heterocycles. The average Bonchev–Trinajstić information content (AvgIpc) is 2.31. The molecule has 1 aromatic rings. The predicted molar refractivity (Wildman–Crippen MR) is 77.6 cm³/mol. The predicted octanol–water partition coefficient (Wildman–Crippen LogP) is 4.73. The number of rotatable bonds is 4. The Bertz CT molecular complexity index is 381. The first-order chi connectivity index (χ1) is 8.23. The van der Waals surface area contributed by atoms with Gasteiger partial charge in [0.1, 0.15) is 5.75 Å². The molecule has 0 spiro atoms. The topological polar surface area (TPSA) is 55.2 Å². The maximum atomic E-state index is 10.0. The van der Waals surface area contributed by atoms with Crippen LogP contribution in [0.5, 0.6) is 5.75 Å². The molecule has 2 heteroatoms. The van der Waals surface area contributed by atoms with Crippen LogP contribution in [0, 0.1) is 0 Å². The molecule has 0 amide bonds. The van der Waals surface area contributed by atoms with Crippen LogP contribution in [0.15, 0.2) is 18.2 Å². The zero-order valence-corrected chi connectivity index (χ0v) is 11.8. The quantitative estimate of drug-likeness (QED) is 0.810. The van der Waals surface area contributed by atoms with Crippen LogP contribution in [-0.4, -0.2) is 5.11 Å². The second kappa shape index (κ2) is 6.24. The minimum atomic E-state index is 0. The van der Waals surface area contributed by atoms with Crippen molar-refractivity contribution in [2.75, 3.05) is 0 Å². The third-order valence-electron chi connectivity index (χ3n) is 4.26. The van der Waals surface area contributed by atoms with Crippen LogP contribution < -0.4 is 6.15 Å². The lowest BCUT2D eigenvalue weighted by atomic mass is 9.65. The van der Waals surface area contributed by atoms with E-state index in [1.54, 1.807) is 0 Å². The number of phenols is 1. The molecule has 1 aromatic carbocycles. The van der Waals surface area contributed by atoms with Crippen molar-refractivity contribution in [2.45, 2.75) is 64.2 Å². The van der Waals surface area contributed by atoms with Gasteiger partial charge in [0.25, 0.3) is 0 Å². The van der Waals surface area contributed by atoms with Crippen LogP contribution in [0.1, 0.15) is 63.5 Å². The molecule has 102 valence electrons. The average molecular weight is 249 g/mol. The summed E-state index contributed by atoms with van der Waals surface area (Å²) in [6.07, 6.45) is 8.56. The van der Waals surface area contributed by atoms with E-state index in [4.69, 9.17) is 0 Å². The Morgan fingerprint density at radius 3 is 2.44 bits per heavy atom. The van der Waals surface area contributed by atoms with E-state index in [2.05, 4.69) is 19.9 Å². The fraction of sp³-hybridized carbons (Fsp3) is 0.625. The maximum Gasteiger partial charge on any atom is 0.119 e. The molecule has 0 saturated carbocycles. The van der Waals surface area contributed by atoms with Gasteiger partial charge in [-0.15, -0.1) is 0 Å². The standard InChI is InChI=1S/C16H24O.H3N/c1-3-10-16(11-4-2)12-6-7-13-14(16)8-5-9-15(13)17;/h5,8-9,17H,3-4,6-7,10-12H2,1-2H3;1H3. The summed E-state index contributed by atoms with van der Waals surface area (Å²) in [5.41, 5.74) is 3.00. The van der Waals surface area contributed by atoms with Gasteiger partial charge in [0.15, 0.2) is 0 Å². The first kappa shape index (κ1) is 15.0. The maximum absolute atomic E-state index is 10.0. The molecule has 2 rings (SSSR count). The summed E-state index contributed by atoms with van der Waals surface area (Å²) in [6, 6.07) is 6.10. The zero-order valence-electron chi connectivity index (χ0n) is 11.8. The Morgan fingerprint density at radius 1 is 1.17 bits per heavy atom. The van der Waals surface area contributed by atoms with E-state index in [0.717, 1.165) is 6.42 Å². The number of hydrogen-bond donors (Lipinski definition) is 2. The SMILES string of the molecule is CCCC1(CCC)CCCc2c(O)cccc21.N. The lowest BCUT2D eigenvalue weighted by Gasteiger charge is -2.39. The summed E-state index contributed by atoms with van der Waals surface area (Å²) in [5.74, 6) is 0.513. The van der Waals surface area contributed by atoms with Gasteiger partial charge in [0, 0.05) is 0 Å². The van der Waals surface area contributed by atoms with Crippen molar-refractivity contribution in [3.63, 3.8) is 0 Å². The van der Waals surface area contributed by atoms with Crippen LogP contribution in [0.4, 0.5) is 0 Å². The normalized spacial score (nSPS) is 16.8. The molecule has 18 heavy (non-hydrogen) atoms. The van der Waals surface area contributed by atoms with Crippen LogP contribution >= 0.6 is 0 Å². The Morgan fingerprint density at radius 2 is 1.83 bits per heavy atom. The van der Waals surface area contributed by atoms with Gasteiger partial charge in [-0.25, -0.2) is 0 Å². The summed E-state index contributed by atoms with van der Waals surface area (Å²) >= 11 is 0. The molecule has 0 fully saturated rings. The van der Waals surface area contributed by atoms with Gasteiger partial charge in [0.05, 0.1) is 0 Å². The van der Waals surface area contributed by atoms with Crippen molar-refractivity contribution >= 4 is 0 Å². The van der Waals surface area contributed by atoms with Crippen molar-refractivity contribution in [2.24, 2.45) is 0 Å². The fourth-order valence-corrected chi connectivity index (χ4v) is 3.67. The van der Waals surface area contributed by atoms with E-state index in [9.17, 15) is 5.11 Å². The van der Waals surface area contributed by atoms with E-state index >= 15 is 0 Å². The van der Waals surface area contributed by atoms with Gasteiger partial charge in [-0.05, 0) is 54.7 Å². The van der Waals surface area contributed by atoms with E-state index < -0.39 is 0 Å². The number of phenolic OH excluding ortho intramolecular Hbond substituents is 1. The third kappa shape index (κ3) is 2.54. The highest BCUT2D eigenvalue weighted by Gasteiger charge is 2.35. The minimum absolute atomic E-state index is 0. The van der Waals surface area contributed by atoms with Gasteiger partial charge in [-0.2, -0.15) is 0 Å². The van der Waals surface area contributed by atoms with Gasteiger partial charge in [-0.1, -0.05) is 38.8 Å². The van der Waals surface area contributed by atoms with Crippen LogP contribution in [0.3, 0.4) is 0 Å². The molecule has 0 saturated heterocycles. The fourth-order valence-electron chi connectivity index (χ4n) is 3.67. The third-order valence-corrected chi connectivity index (χ3v) is 4.26. The molecular formula is C16H27NO. The smallest absolute Gasteiger partial charge is 0.119 e. The van der Waals surface area contributed by atoms with Crippen molar-refractivity contribution in [1.29, 1.82) is 0 Å². The highest BCUT2D eigenvalue weighted by molar-refractivity contribution is 5.45. The molecule has 0 heterocycles. The molecule has 0 atom stereocenters. The minimum Gasteiger partial charge on any atom is -0.508 e. The molecule has 0 radical (unpaired) electrons. The van der Waals surface area contributed by atoms with Crippen LogP contribution in [0.25, 0.3) is 0 Å². The molecule has 0 bridgehead atoms. The van der Waals surface area contributed by atoms with E-state index in [0.29, 0.717) is 11.2 Å². The lowest BCUT2D eigenvalue weighted by molar-refractivity contribution is 0.301. The van der Waals surface area contributed by atoms with Gasteiger partial charge in [-0.3, -0.25) is 0 Å². The Hall–Kier alpha value is -1.02. The van der Waals surface area contributed by atoms with Crippen molar-refractivity contribution in [3.8, 4) is 5.75 Å². The zero-order chi connectivity index (χ0) is 12.3. The Labute approximate surface area is 111 Å². The van der Waals surface area contributed by atoms with Crippen LogP contribution in [-0.2, 0) is 11.8 Å². The number of aromatic hydroxyl groups is 1. The molecule has 4 N–H and O–H groups in total. The highest BCUT2D eigenvalue weighted by atomic mass is 16.3. The number of hydrogen-bond acceptors (Lipinski definition) is 2. The first-order valence-electron chi connectivity index (χ1n) is 7.05. The first-order valence-corrected chi connectivity index (χ1v) is 7.05. The van der Waals surface area contributed by atoms with Gasteiger partial charge in [0.2, 0.25) is 0 Å². The molecular weight excluding hydrogens is 222 g/mol. The molecule has 0 aromatic heterocycles. The molecule has 2 nitrogen and oxygen atoms in total. The van der Waals surface area contributed by atoms with Gasteiger partial charge < -0.3 is 11.3 Å². The van der Waals surface area contributed by atoms with Crippen molar-refractivity contribution < 1.29 is 5.11 Å². The Kier molecular flexibility index (Phi) is 5.21. The summed E-state index contributed by atoms with van der Waals surface area (Å²) in [5, 5.41) is 10.0. The second-order valence-corrected chi connectivity index (χ2v) is 5.44. The monoisotopic (exact) mass is 249 g/mol. The summed E-state index contributed by atoms with van der Waals surface area (Å²) in [4.78, 5) is 0. The molecule has 1 aliphatic carbocycles. The highest BCUT2D eigenvalue weighted by Crippen LogP contribution is 2.46. The summed E-state index contributed by atoms with van der Waals surface area (Å²) < 4.78 is 0. The van der Waals surface area contributed by atoms with Gasteiger partial charge >= 0.3 is 0 Å². The lowest BCUT2D eigenvalue weighted by Crippen LogP contribution is -2.30. The Balaban J connectivity index is 0.00000162.